The lowest BCUT2D eigenvalue weighted by Crippen LogP contribution is -2.24. The summed E-state index contributed by atoms with van der Waals surface area (Å²) < 4.78 is 2.19. The van der Waals surface area contributed by atoms with Gasteiger partial charge in [0.05, 0.1) is 11.4 Å². The van der Waals surface area contributed by atoms with Crippen LogP contribution in [0.4, 0.5) is 0 Å². The van der Waals surface area contributed by atoms with E-state index in [9.17, 15) is 0 Å². The molecule has 0 amide bonds. The molecule has 12 heavy (non-hydrogen) atoms. The summed E-state index contributed by atoms with van der Waals surface area (Å²) in [5.74, 6) is 0. The van der Waals surface area contributed by atoms with Crippen molar-refractivity contribution in [3.05, 3.63) is 23.0 Å². The van der Waals surface area contributed by atoms with Gasteiger partial charge in [-0.15, -0.1) is 11.3 Å². The van der Waals surface area contributed by atoms with Gasteiger partial charge in [-0.3, -0.25) is 4.40 Å². The molecule has 3 nitrogen and oxygen atoms in total. The highest BCUT2D eigenvalue weighted by Gasteiger charge is 2.15. The van der Waals surface area contributed by atoms with E-state index in [0.717, 1.165) is 24.5 Å². The van der Waals surface area contributed by atoms with Gasteiger partial charge in [0.25, 0.3) is 0 Å². The van der Waals surface area contributed by atoms with Gasteiger partial charge in [-0.05, 0) is 0 Å². The Hall–Kier alpha value is -0.870. The van der Waals surface area contributed by atoms with E-state index in [1.807, 2.05) is 0 Å². The standard InChI is InChI=1S/C8H9N3S/c1-2-9-5-7-6(1)10-8-11(7)3-4-12-8/h3-4,9H,1-2,5H2. The van der Waals surface area contributed by atoms with Crippen molar-refractivity contribution >= 4 is 16.3 Å². The second-order valence-electron chi connectivity index (χ2n) is 2.99. The van der Waals surface area contributed by atoms with Gasteiger partial charge in [0.15, 0.2) is 4.96 Å². The molecule has 0 spiro atoms. The number of fused-ring (bicyclic) bond motifs is 3. The van der Waals surface area contributed by atoms with Crippen LogP contribution in [0.25, 0.3) is 4.96 Å². The Morgan fingerprint density at radius 1 is 1.58 bits per heavy atom. The van der Waals surface area contributed by atoms with Crippen LogP contribution in [0.3, 0.4) is 0 Å². The van der Waals surface area contributed by atoms with Gasteiger partial charge < -0.3 is 5.32 Å². The van der Waals surface area contributed by atoms with E-state index >= 15 is 0 Å². The van der Waals surface area contributed by atoms with Crippen LogP contribution in [0.2, 0.25) is 0 Å². The molecule has 3 rings (SSSR count). The maximum atomic E-state index is 4.55. The zero-order chi connectivity index (χ0) is 7.97. The molecule has 2 aromatic rings. The number of imidazole rings is 1. The first kappa shape index (κ1) is 6.62. The number of hydrogen-bond acceptors (Lipinski definition) is 3. The predicted octanol–water partition coefficient (Wildman–Crippen LogP) is 1.04. The van der Waals surface area contributed by atoms with E-state index in [0.29, 0.717) is 0 Å². The van der Waals surface area contributed by atoms with E-state index in [2.05, 4.69) is 26.3 Å². The molecule has 3 heterocycles. The summed E-state index contributed by atoms with van der Waals surface area (Å²) in [7, 11) is 0. The molecule has 0 fully saturated rings. The number of rotatable bonds is 0. The molecule has 1 aliphatic heterocycles. The molecule has 0 atom stereocenters. The van der Waals surface area contributed by atoms with Gasteiger partial charge in [0, 0.05) is 31.1 Å². The Kier molecular flexibility index (Phi) is 1.27. The lowest BCUT2D eigenvalue weighted by atomic mass is 10.2. The normalized spacial score (nSPS) is 16.7. The first-order chi connectivity index (χ1) is 5.95. The van der Waals surface area contributed by atoms with Crippen LogP contribution < -0.4 is 5.32 Å². The second kappa shape index (κ2) is 2.31. The van der Waals surface area contributed by atoms with Gasteiger partial charge in [0.1, 0.15) is 0 Å². The molecule has 2 aromatic heterocycles. The van der Waals surface area contributed by atoms with E-state index in [1.165, 1.54) is 11.4 Å². The summed E-state index contributed by atoms with van der Waals surface area (Å²) in [6.07, 6.45) is 3.17. The molecule has 4 heteroatoms. The fourth-order valence-corrected chi connectivity index (χ4v) is 2.43. The summed E-state index contributed by atoms with van der Waals surface area (Å²) in [5, 5.41) is 5.43. The second-order valence-corrected chi connectivity index (χ2v) is 3.86. The third-order valence-corrected chi connectivity index (χ3v) is 3.03. The zero-order valence-electron chi connectivity index (χ0n) is 6.58. The summed E-state index contributed by atoms with van der Waals surface area (Å²) in [4.78, 5) is 5.68. The molecular formula is C8H9N3S. The van der Waals surface area contributed by atoms with Crippen molar-refractivity contribution in [3.8, 4) is 0 Å². The van der Waals surface area contributed by atoms with Crippen molar-refractivity contribution in [2.24, 2.45) is 0 Å². The van der Waals surface area contributed by atoms with E-state index in [4.69, 9.17) is 0 Å². The molecule has 1 N–H and O–H groups in total. The van der Waals surface area contributed by atoms with Crippen molar-refractivity contribution in [2.75, 3.05) is 6.54 Å². The smallest absolute Gasteiger partial charge is 0.194 e. The van der Waals surface area contributed by atoms with Gasteiger partial charge in [-0.2, -0.15) is 0 Å². The van der Waals surface area contributed by atoms with Gasteiger partial charge in [-0.1, -0.05) is 0 Å². The maximum Gasteiger partial charge on any atom is 0.194 e. The van der Waals surface area contributed by atoms with Crippen LogP contribution in [0.15, 0.2) is 11.6 Å². The van der Waals surface area contributed by atoms with Crippen LogP contribution in [-0.2, 0) is 13.0 Å². The third kappa shape index (κ3) is 0.763. The lowest BCUT2D eigenvalue weighted by Gasteiger charge is -2.11. The number of hydrogen-bond donors (Lipinski definition) is 1. The van der Waals surface area contributed by atoms with Crippen molar-refractivity contribution in [1.29, 1.82) is 0 Å². The summed E-state index contributed by atoms with van der Waals surface area (Å²) in [6.45, 7) is 2.03. The van der Waals surface area contributed by atoms with Crippen molar-refractivity contribution in [1.82, 2.24) is 14.7 Å². The topological polar surface area (TPSA) is 29.3 Å². The van der Waals surface area contributed by atoms with Crippen molar-refractivity contribution < 1.29 is 0 Å². The molecule has 0 bridgehead atoms. The maximum absolute atomic E-state index is 4.55. The minimum absolute atomic E-state index is 0.966. The average molecular weight is 179 g/mol. The molecule has 0 saturated heterocycles. The molecule has 0 aliphatic carbocycles. The van der Waals surface area contributed by atoms with E-state index in [1.54, 1.807) is 11.3 Å². The van der Waals surface area contributed by atoms with Crippen LogP contribution in [0.1, 0.15) is 11.4 Å². The minimum atomic E-state index is 0.966. The van der Waals surface area contributed by atoms with E-state index < -0.39 is 0 Å². The quantitative estimate of drug-likeness (QED) is 0.654. The Morgan fingerprint density at radius 2 is 2.58 bits per heavy atom. The Morgan fingerprint density at radius 3 is 3.58 bits per heavy atom. The summed E-state index contributed by atoms with van der Waals surface area (Å²) >= 11 is 1.70. The molecule has 0 aromatic carbocycles. The number of aromatic nitrogens is 2. The molecular weight excluding hydrogens is 170 g/mol. The Balaban J connectivity index is 2.34. The molecule has 1 aliphatic rings. The van der Waals surface area contributed by atoms with Crippen LogP contribution in [0, 0.1) is 0 Å². The number of thiazole rings is 1. The average Bonchev–Trinajstić information content (AvgIpc) is 2.62. The van der Waals surface area contributed by atoms with Crippen LogP contribution in [-0.4, -0.2) is 15.9 Å². The van der Waals surface area contributed by atoms with Crippen LogP contribution in [0.5, 0.6) is 0 Å². The SMILES string of the molecule is c1cn2c3c(nc2s1)CCNC3. The largest absolute Gasteiger partial charge is 0.311 e. The molecule has 0 unspecified atom stereocenters. The summed E-state index contributed by atoms with van der Waals surface area (Å²) in [5.41, 5.74) is 2.62. The molecule has 62 valence electrons. The van der Waals surface area contributed by atoms with Gasteiger partial charge in [0.2, 0.25) is 0 Å². The van der Waals surface area contributed by atoms with Crippen LogP contribution >= 0.6 is 11.3 Å². The molecule has 0 saturated carbocycles. The van der Waals surface area contributed by atoms with E-state index in [-0.39, 0.29) is 0 Å². The highest BCUT2D eigenvalue weighted by atomic mass is 32.1. The highest BCUT2D eigenvalue weighted by molar-refractivity contribution is 7.15. The Bertz CT molecular complexity index is 415. The predicted molar refractivity (Wildman–Crippen MR) is 48.5 cm³/mol. The highest BCUT2D eigenvalue weighted by Crippen LogP contribution is 2.19. The Labute approximate surface area is 74.0 Å². The van der Waals surface area contributed by atoms with Gasteiger partial charge in [-0.25, -0.2) is 4.98 Å². The monoisotopic (exact) mass is 179 g/mol. The number of nitrogens with zero attached hydrogens (tertiary/aromatic N) is 2. The van der Waals surface area contributed by atoms with Crippen molar-refractivity contribution in [3.63, 3.8) is 0 Å². The van der Waals surface area contributed by atoms with Gasteiger partial charge >= 0.3 is 0 Å². The van der Waals surface area contributed by atoms with Crippen molar-refractivity contribution in [2.45, 2.75) is 13.0 Å². The number of nitrogens with one attached hydrogen (secondary N) is 1. The lowest BCUT2D eigenvalue weighted by molar-refractivity contribution is 0.621. The first-order valence-corrected chi connectivity index (χ1v) is 4.97. The third-order valence-electron chi connectivity index (χ3n) is 2.28. The molecule has 0 radical (unpaired) electrons. The fraction of sp³-hybridized carbons (Fsp3) is 0.375. The minimum Gasteiger partial charge on any atom is -0.311 e. The zero-order valence-corrected chi connectivity index (χ0v) is 7.40. The summed E-state index contributed by atoms with van der Waals surface area (Å²) in [6, 6.07) is 0. The fourth-order valence-electron chi connectivity index (χ4n) is 1.68. The first-order valence-electron chi connectivity index (χ1n) is 4.09.